The summed E-state index contributed by atoms with van der Waals surface area (Å²) in [5, 5.41) is 0. The normalized spacial score (nSPS) is 10.2. The highest BCUT2D eigenvalue weighted by Crippen LogP contribution is 2.23. The van der Waals surface area contributed by atoms with Crippen LogP contribution in [0.25, 0.3) is 16.9 Å². The number of rotatable bonds is 2. The van der Waals surface area contributed by atoms with E-state index in [0.29, 0.717) is 0 Å². The van der Waals surface area contributed by atoms with Crippen LogP contribution in [0.1, 0.15) is 5.69 Å². The molecule has 2 aromatic heterocycles. The number of pyridine rings is 1. The molecular formula is C15H14BrN2O-. The maximum Gasteiger partial charge on any atom is 0.137 e. The minimum absolute atomic E-state index is 0. The van der Waals surface area contributed by atoms with Gasteiger partial charge in [-0.25, -0.2) is 4.98 Å². The molecule has 3 rings (SSSR count). The first kappa shape index (κ1) is 13.6. The van der Waals surface area contributed by atoms with Crippen LogP contribution in [0.5, 0.6) is 5.75 Å². The fourth-order valence-corrected chi connectivity index (χ4v) is 2.07. The lowest BCUT2D eigenvalue weighted by atomic mass is 10.1. The van der Waals surface area contributed by atoms with Gasteiger partial charge in [0.25, 0.3) is 0 Å². The summed E-state index contributed by atoms with van der Waals surface area (Å²) in [4.78, 5) is 4.63. The SMILES string of the molecule is COc1cccc(-c2cn3c(C)cccc3n2)c1.[Br-]. The van der Waals surface area contributed by atoms with Crippen molar-refractivity contribution in [2.24, 2.45) is 0 Å². The van der Waals surface area contributed by atoms with Gasteiger partial charge < -0.3 is 26.1 Å². The van der Waals surface area contributed by atoms with Crippen molar-refractivity contribution in [1.29, 1.82) is 0 Å². The van der Waals surface area contributed by atoms with Crippen molar-refractivity contribution in [2.75, 3.05) is 7.11 Å². The van der Waals surface area contributed by atoms with Crippen LogP contribution in [-0.4, -0.2) is 16.5 Å². The van der Waals surface area contributed by atoms with Crippen molar-refractivity contribution in [3.63, 3.8) is 0 Å². The summed E-state index contributed by atoms with van der Waals surface area (Å²) in [6.45, 7) is 2.07. The van der Waals surface area contributed by atoms with Crippen LogP contribution in [-0.2, 0) is 0 Å². The lowest BCUT2D eigenvalue weighted by Crippen LogP contribution is -3.00. The number of hydrogen-bond acceptors (Lipinski definition) is 2. The number of halogens is 1. The Balaban J connectivity index is 0.00000133. The standard InChI is InChI=1S/C15H14N2O.BrH/c1-11-5-3-8-15-16-14(10-17(11)15)12-6-4-7-13(9-12)18-2;/h3-10H,1-2H3;1H/p-1. The van der Waals surface area contributed by atoms with Crippen LogP contribution < -0.4 is 21.7 Å². The molecule has 0 saturated heterocycles. The molecule has 0 atom stereocenters. The monoisotopic (exact) mass is 317 g/mol. The lowest BCUT2D eigenvalue weighted by molar-refractivity contribution is -0.00000410. The molecule has 3 aromatic rings. The Bertz CT molecular complexity index is 706. The molecule has 0 unspecified atom stereocenters. The van der Waals surface area contributed by atoms with Crippen LogP contribution in [0.3, 0.4) is 0 Å². The van der Waals surface area contributed by atoms with Gasteiger partial charge in [0, 0.05) is 17.5 Å². The molecule has 0 N–H and O–H groups in total. The summed E-state index contributed by atoms with van der Waals surface area (Å²) in [5.41, 5.74) is 4.17. The van der Waals surface area contributed by atoms with E-state index in [1.165, 1.54) is 5.69 Å². The smallest absolute Gasteiger partial charge is 0.137 e. The van der Waals surface area contributed by atoms with Crippen LogP contribution in [0.4, 0.5) is 0 Å². The topological polar surface area (TPSA) is 26.5 Å². The number of ether oxygens (including phenoxy) is 1. The quantitative estimate of drug-likeness (QED) is 0.680. The minimum Gasteiger partial charge on any atom is -1.00 e. The molecule has 0 radical (unpaired) electrons. The largest absolute Gasteiger partial charge is 1.00 e. The maximum atomic E-state index is 5.24. The van der Waals surface area contributed by atoms with Crippen LogP contribution in [0.2, 0.25) is 0 Å². The molecule has 0 spiro atoms. The maximum absolute atomic E-state index is 5.24. The third-order valence-corrected chi connectivity index (χ3v) is 3.06. The third-order valence-electron chi connectivity index (χ3n) is 3.06. The fourth-order valence-electron chi connectivity index (χ4n) is 2.07. The molecule has 0 aliphatic rings. The van der Waals surface area contributed by atoms with E-state index in [0.717, 1.165) is 22.7 Å². The summed E-state index contributed by atoms with van der Waals surface area (Å²) >= 11 is 0. The summed E-state index contributed by atoms with van der Waals surface area (Å²) in [6, 6.07) is 14.1. The first-order chi connectivity index (χ1) is 8.78. The molecule has 19 heavy (non-hydrogen) atoms. The summed E-state index contributed by atoms with van der Waals surface area (Å²) in [7, 11) is 1.67. The van der Waals surface area contributed by atoms with Gasteiger partial charge in [0.1, 0.15) is 11.4 Å². The molecule has 0 bridgehead atoms. The highest BCUT2D eigenvalue weighted by Gasteiger charge is 2.06. The molecule has 4 heteroatoms. The minimum atomic E-state index is 0. The summed E-state index contributed by atoms with van der Waals surface area (Å²) in [5.74, 6) is 0.848. The number of methoxy groups -OCH3 is 1. The van der Waals surface area contributed by atoms with Crippen LogP contribution in [0, 0.1) is 6.92 Å². The molecular weight excluding hydrogens is 304 g/mol. The molecule has 0 aliphatic carbocycles. The van der Waals surface area contributed by atoms with E-state index in [9.17, 15) is 0 Å². The van der Waals surface area contributed by atoms with Gasteiger partial charge in [0.2, 0.25) is 0 Å². The number of nitrogens with zero attached hydrogens (tertiary/aromatic N) is 2. The number of hydrogen-bond donors (Lipinski definition) is 0. The first-order valence-electron chi connectivity index (χ1n) is 5.87. The van der Waals surface area contributed by atoms with Crippen LogP contribution >= 0.6 is 0 Å². The zero-order valence-corrected chi connectivity index (χ0v) is 12.4. The Kier molecular flexibility index (Phi) is 3.90. The molecule has 0 amide bonds. The third kappa shape index (κ3) is 2.49. The Morgan fingerprint density at radius 2 is 1.89 bits per heavy atom. The molecule has 0 aliphatic heterocycles. The zero-order chi connectivity index (χ0) is 12.5. The van der Waals surface area contributed by atoms with E-state index in [-0.39, 0.29) is 17.0 Å². The number of imidazole rings is 1. The van der Waals surface area contributed by atoms with Crippen molar-refractivity contribution in [3.05, 3.63) is 54.4 Å². The van der Waals surface area contributed by atoms with Crippen LogP contribution in [0.15, 0.2) is 48.7 Å². The van der Waals surface area contributed by atoms with Gasteiger partial charge in [0.15, 0.2) is 0 Å². The van der Waals surface area contributed by atoms with E-state index < -0.39 is 0 Å². The molecule has 0 fully saturated rings. The predicted octanol–water partition coefficient (Wildman–Crippen LogP) is 0.322. The second kappa shape index (κ2) is 5.45. The summed E-state index contributed by atoms with van der Waals surface area (Å²) < 4.78 is 7.33. The number of aryl methyl sites for hydroxylation is 1. The van der Waals surface area contributed by atoms with Gasteiger partial charge in [-0.3, -0.25) is 0 Å². The van der Waals surface area contributed by atoms with Crippen molar-refractivity contribution in [3.8, 4) is 17.0 Å². The van der Waals surface area contributed by atoms with Crippen molar-refractivity contribution in [2.45, 2.75) is 6.92 Å². The Hall–Kier alpha value is -1.81. The molecule has 98 valence electrons. The average Bonchev–Trinajstić information content (AvgIpc) is 2.84. The highest BCUT2D eigenvalue weighted by atomic mass is 79.9. The number of aromatic nitrogens is 2. The van der Waals surface area contributed by atoms with Gasteiger partial charge in [-0.05, 0) is 31.2 Å². The molecule has 3 nitrogen and oxygen atoms in total. The van der Waals surface area contributed by atoms with Gasteiger partial charge in [-0.2, -0.15) is 0 Å². The second-order valence-corrected chi connectivity index (χ2v) is 4.25. The number of benzene rings is 1. The lowest BCUT2D eigenvalue weighted by Gasteiger charge is -2.01. The van der Waals surface area contributed by atoms with Gasteiger partial charge in [-0.1, -0.05) is 18.2 Å². The summed E-state index contributed by atoms with van der Waals surface area (Å²) in [6.07, 6.45) is 2.06. The van der Waals surface area contributed by atoms with Gasteiger partial charge >= 0.3 is 0 Å². The number of fused-ring (bicyclic) bond motifs is 1. The Morgan fingerprint density at radius 3 is 2.63 bits per heavy atom. The van der Waals surface area contributed by atoms with Gasteiger partial charge in [0.05, 0.1) is 12.8 Å². The Labute approximate surface area is 122 Å². The van der Waals surface area contributed by atoms with E-state index >= 15 is 0 Å². The van der Waals surface area contributed by atoms with E-state index in [1.807, 2.05) is 36.4 Å². The first-order valence-corrected chi connectivity index (χ1v) is 5.87. The average molecular weight is 318 g/mol. The van der Waals surface area contributed by atoms with Gasteiger partial charge in [-0.15, -0.1) is 0 Å². The van der Waals surface area contributed by atoms with Crippen molar-refractivity contribution in [1.82, 2.24) is 9.38 Å². The fraction of sp³-hybridized carbons (Fsp3) is 0.133. The predicted molar refractivity (Wildman–Crippen MR) is 71.9 cm³/mol. The highest BCUT2D eigenvalue weighted by molar-refractivity contribution is 5.64. The molecule has 2 heterocycles. The zero-order valence-electron chi connectivity index (χ0n) is 10.8. The Morgan fingerprint density at radius 1 is 1.11 bits per heavy atom. The van der Waals surface area contributed by atoms with E-state index in [1.54, 1.807) is 7.11 Å². The second-order valence-electron chi connectivity index (χ2n) is 4.25. The van der Waals surface area contributed by atoms with E-state index in [4.69, 9.17) is 4.74 Å². The molecule has 1 aromatic carbocycles. The van der Waals surface area contributed by atoms with E-state index in [2.05, 4.69) is 28.6 Å². The van der Waals surface area contributed by atoms with Crippen molar-refractivity contribution >= 4 is 5.65 Å². The van der Waals surface area contributed by atoms with Crippen molar-refractivity contribution < 1.29 is 21.7 Å². The molecule has 0 saturated carbocycles.